The first-order valence-corrected chi connectivity index (χ1v) is 11.3. The van der Waals surface area contributed by atoms with Crippen LogP contribution in [0.5, 0.6) is 0 Å². The number of anilines is 1. The van der Waals surface area contributed by atoms with Crippen molar-refractivity contribution in [3.63, 3.8) is 0 Å². The molecule has 7 nitrogen and oxygen atoms in total. The highest BCUT2D eigenvalue weighted by Gasteiger charge is 2.36. The molecule has 3 aromatic rings. The second-order valence-electron chi connectivity index (χ2n) is 7.66. The minimum absolute atomic E-state index is 0.184. The van der Waals surface area contributed by atoms with Gasteiger partial charge in [0.2, 0.25) is 5.91 Å². The molecule has 2 heterocycles. The van der Waals surface area contributed by atoms with Gasteiger partial charge in [0.05, 0.1) is 17.7 Å². The molecule has 0 atom stereocenters. The van der Waals surface area contributed by atoms with Crippen LogP contribution < -0.4 is 5.32 Å². The topological polar surface area (TPSA) is 92.8 Å². The molecule has 0 saturated heterocycles. The van der Waals surface area contributed by atoms with E-state index in [1.807, 2.05) is 32.0 Å². The number of hydrogen-bond donors (Lipinski definition) is 1. The number of aryl methyl sites for hydroxylation is 2. The largest absolute Gasteiger partial charge is 0.462 e. The molecular formula is C25H22N2O5S. The zero-order valence-corrected chi connectivity index (χ0v) is 19.2. The average Bonchev–Trinajstić information content (AvgIpc) is 3.31. The Bertz CT molecular complexity index is 1260. The van der Waals surface area contributed by atoms with Gasteiger partial charge in [-0.2, -0.15) is 0 Å². The van der Waals surface area contributed by atoms with Gasteiger partial charge in [-0.1, -0.05) is 30.3 Å². The number of nitrogens with one attached hydrogen (secondary N) is 1. The van der Waals surface area contributed by atoms with Gasteiger partial charge in [-0.3, -0.25) is 19.3 Å². The van der Waals surface area contributed by atoms with Crippen LogP contribution in [0.25, 0.3) is 11.1 Å². The molecule has 0 bridgehead atoms. The summed E-state index contributed by atoms with van der Waals surface area (Å²) in [5.41, 5.74) is 4.48. The monoisotopic (exact) mass is 462 g/mol. The van der Waals surface area contributed by atoms with Crippen LogP contribution in [0.2, 0.25) is 0 Å². The summed E-state index contributed by atoms with van der Waals surface area (Å²) < 4.78 is 5.23. The summed E-state index contributed by atoms with van der Waals surface area (Å²) in [6, 6.07) is 12.3. The third kappa shape index (κ3) is 4.17. The van der Waals surface area contributed by atoms with Crippen molar-refractivity contribution in [1.29, 1.82) is 0 Å². The summed E-state index contributed by atoms with van der Waals surface area (Å²) in [6.07, 6.45) is 0. The van der Waals surface area contributed by atoms with Crippen molar-refractivity contribution in [2.45, 2.75) is 20.8 Å². The molecule has 0 fully saturated rings. The lowest BCUT2D eigenvalue weighted by atomic mass is 9.99. The number of carbonyl (C=O) groups is 4. The third-order valence-electron chi connectivity index (χ3n) is 5.52. The molecule has 0 saturated carbocycles. The smallest absolute Gasteiger partial charge is 0.341 e. The highest BCUT2D eigenvalue weighted by molar-refractivity contribution is 7.15. The van der Waals surface area contributed by atoms with E-state index < -0.39 is 30.2 Å². The SMILES string of the molecule is CCOC(=O)c1c(-c2ccc(C)c(C)c2)csc1NC(=O)CN1C(=O)c2ccccc2C1=O. The molecule has 0 aliphatic carbocycles. The Hall–Kier alpha value is -3.78. The Balaban J connectivity index is 1.60. The molecule has 3 amide bonds. The summed E-state index contributed by atoms with van der Waals surface area (Å²) in [7, 11) is 0. The van der Waals surface area contributed by atoms with Gasteiger partial charge in [-0.05, 0) is 49.6 Å². The van der Waals surface area contributed by atoms with E-state index in [1.165, 1.54) is 11.3 Å². The van der Waals surface area contributed by atoms with Crippen LogP contribution in [0.4, 0.5) is 5.00 Å². The molecule has 8 heteroatoms. The van der Waals surface area contributed by atoms with Crippen LogP contribution in [0.15, 0.2) is 47.8 Å². The third-order valence-corrected chi connectivity index (χ3v) is 6.42. The summed E-state index contributed by atoms with van der Waals surface area (Å²) in [6.45, 7) is 5.43. The van der Waals surface area contributed by atoms with Crippen LogP contribution in [0, 0.1) is 13.8 Å². The number of hydrogen-bond acceptors (Lipinski definition) is 6. The zero-order valence-electron chi connectivity index (χ0n) is 18.4. The molecule has 0 unspecified atom stereocenters. The summed E-state index contributed by atoms with van der Waals surface area (Å²) in [4.78, 5) is 51.6. The zero-order chi connectivity index (χ0) is 23.7. The Kier molecular flexibility index (Phi) is 6.11. The molecule has 168 valence electrons. The van der Waals surface area contributed by atoms with Crippen LogP contribution in [-0.4, -0.2) is 41.7 Å². The van der Waals surface area contributed by atoms with Gasteiger partial charge in [0.1, 0.15) is 17.1 Å². The van der Waals surface area contributed by atoms with Crippen molar-refractivity contribution in [3.8, 4) is 11.1 Å². The molecule has 1 aromatic heterocycles. The average molecular weight is 463 g/mol. The number of benzene rings is 2. The second-order valence-corrected chi connectivity index (χ2v) is 8.54. The fourth-order valence-corrected chi connectivity index (χ4v) is 4.64. The maximum absolute atomic E-state index is 12.8. The Morgan fingerprint density at radius 3 is 2.24 bits per heavy atom. The number of imide groups is 1. The van der Waals surface area contributed by atoms with Gasteiger partial charge < -0.3 is 10.1 Å². The lowest BCUT2D eigenvalue weighted by Crippen LogP contribution is -2.37. The van der Waals surface area contributed by atoms with Gasteiger partial charge in [-0.25, -0.2) is 4.79 Å². The van der Waals surface area contributed by atoms with Crippen molar-refractivity contribution in [2.75, 3.05) is 18.5 Å². The van der Waals surface area contributed by atoms with Crippen molar-refractivity contribution < 1.29 is 23.9 Å². The fraction of sp³-hybridized carbons (Fsp3) is 0.200. The van der Waals surface area contributed by atoms with Crippen LogP contribution in [0.1, 0.15) is 49.1 Å². The van der Waals surface area contributed by atoms with E-state index in [-0.39, 0.29) is 23.3 Å². The van der Waals surface area contributed by atoms with E-state index in [1.54, 1.807) is 36.6 Å². The highest BCUT2D eigenvalue weighted by Crippen LogP contribution is 2.37. The second kappa shape index (κ2) is 8.99. The van der Waals surface area contributed by atoms with E-state index in [4.69, 9.17) is 4.74 Å². The number of thiophene rings is 1. The molecular weight excluding hydrogens is 440 g/mol. The number of esters is 1. The van der Waals surface area contributed by atoms with Gasteiger partial charge in [0.25, 0.3) is 11.8 Å². The standard InChI is InChI=1S/C25H22N2O5S/c1-4-32-25(31)21-19(16-10-9-14(2)15(3)11-16)13-33-22(21)26-20(28)12-27-23(29)17-7-5-6-8-18(17)24(27)30/h5-11,13H,4,12H2,1-3H3,(H,26,28). The van der Waals surface area contributed by atoms with Gasteiger partial charge in [-0.15, -0.1) is 11.3 Å². The molecule has 0 radical (unpaired) electrons. The van der Waals surface area contributed by atoms with Crippen molar-refractivity contribution in [2.24, 2.45) is 0 Å². The number of rotatable bonds is 6. The summed E-state index contributed by atoms with van der Waals surface area (Å²) in [5.74, 6) is -2.16. The lowest BCUT2D eigenvalue weighted by molar-refractivity contribution is -0.116. The van der Waals surface area contributed by atoms with E-state index in [0.29, 0.717) is 10.6 Å². The molecule has 2 aromatic carbocycles. The molecule has 0 spiro atoms. The highest BCUT2D eigenvalue weighted by atomic mass is 32.1. The Morgan fingerprint density at radius 2 is 1.64 bits per heavy atom. The quantitative estimate of drug-likeness (QED) is 0.432. The maximum atomic E-state index is 12.8. The number of amides is 3. The molecule has 4 rings (SSSR count). The van der Waals surface area contributed by atoms with Crippen LogP contribution in [-0.2, 0) is 9.53 Å². The molecule has 1 aliphatic rings. The minimum atomic E-state index is -0.580. The van der Waals surface area contributed by atoms with Crippen molar-refractivity contribution in [1.82, 2.24) is 4.90 Å². The van der Waals surface area contributed by atoms with E-state index in [0.717, 1.165) is 21.6 Å². The van der Waals surface area contributed by atoms with Crippen LogP contribution >= 0.6 is 11.3 Å². The normalized spacial score (nSPS) is 12.6. The van der Waals surface area contributed by atoms with E-state index in [2.05, 4.69) is 5.32 Å². The van der Waals surface area contributed by atoms with Crippen molar-refractivity contribution >= 4 is 40.0 Å². The number of fused-ring (bicyclic) bond motifs is 1. The number of ether oxygens (including phenoxy) is 1. The maximum Gasteiger partial charge on any atom is 0.341 e. The first-order chi connectivity index (χ1) is 15.8. The van der Waals surface area contributed by atoms with Gasteiger partial charge >= 0.3 is 5.97 Å². The fourth-order valence-electron chi connectivity index (χ4n) is 3.67. The number of nitrogens with zero attached hydrogens (tertiary/aromatic N) is 1. The van der Waals surface area contributed by atoms with Crippen LogP contribution in [0.3, 0.4) is 0 Å². The first-order valence-electron chi connectivity index (χ1n) is 10.4. The predicted molar refractivity (Wildman–Crippen MR) is 126 cm³/mol. The predicted octanol–water partition coefficient (Wildman–Crippen LogP) is 4.44. The molecule has 1 aliphatic heterocycles. The molecule has 33 heavy (non-hydrogen) atoms. The number of carbonyl (C=O) groups excluding carboxylic acids is 4. The summed E-state index contributed by atoms with van der Waals surface area (Å²) in [5, 5.41) is 4.79. The van der Waals surface area contributed by atoms with Gasteiger partial charge in [0.15, 0.2) is 0 Å². The van der Waals surface area contributed by atoms with Gasteiger partial charge in [0, 0.05) is 10.9 Å². The van der Waals surface area contributed by atoms with E-state index >= 15 is 0 Å². The minimum Gasteiger partial charge on any atom is -0.462 e. The van der Waals surface area contributed by atoms with E-state index in [9.17, 15) is 19.2 Å². The molecule has 1 N–H and O–H groups in total. The summed E-state index contributed by atoms with van der Waals surface area (Å²) >= 11 is 1.19. The Labute approximate surface area is 195 Å². The van der Waals surface area contributed by atoms with Crippen molar-refractivity contribution in [3.05, 3.63) is 75.7 Å². The Morgan fingerprint density at radius 1 is 0.970 bits per heavy atom. The lowest BCUT2D eigenvalue weighted by Gasteiger charge is -2.14. The first kappa shape index (κ1) is 22.4.